The van der Waals surface area contributed by atoms with E-state index in [2.05, 4.69) is 10.2 Å². The first-order valence-corrected chi connectivity index (χ1v) is 6.90. The third kappa shape index (κ3) is 7.68. The lowest BCUT2D eigenvalue weighted by Crippen LogP contribution is -2.32. The van der Waals surface area contributed by atoms with Crippen molar-refractivity contribution in [2.24, 2.45) is 0 Å². The van der Waals surface area contributed by atoms with Crippen molar-refractivity contribution in [1.82, 2.24) is 10.2 Å². The zero-order valence-electron chi connectivity index (χ0n) is 9.81. The summed E-state index contributed by atoms with van der Waals surface area (Å²) in [6.07, 6.45) is 1.86. The van der Waals surface area contributed by atoms with E-state index >= 15 is 0 Å². The number of rotatable bonds is 5. The van der Waals surface area contributed by atoms with Gasteiger partial charge >= 0.3 is 0 Å². The van der Waals surface area contributed by atoms with Gasteiger partial charge in [-0.25, -0.2) is 8.42 Å². The molecule has 0 radical (unpaired) electrons. The molecule has 1 aliphatic rings. The van der Waals surface area contributed by atoms with Gasteiger partial charge in [0.2, 0.25) is 0 Å². The quantitative estimate of drug-likeness (QED) is 0.753. The Morgan fingerprint density at radius 3 is 2.38 bits per heavy atom. The van der Waals surface area contributed by atoms with Gasteiger partial charge in [-0.2, -0.15) is 0 Å². The van der Waals surface area contributed by atoms with Crippen molar-refractivity contribution in [3.63, 3.8) is 0 Å². The van der Waals surface area contributed by atoms with Gasteiger partial charge in [-0.15, -0.1) is 24.8 Å². The van der Waals surface area contributed by atoms with Crippen LogP contribution in [0.5, 0.6) is 0 Å². The summed E-state index contributed by atoms with van der Waals surface area (Å²) in [5, 5.41) is 3.29. The molecule has 0 aromatic rings. The third-order valence-electron chi connectivity index (χ3n) is 2.45. The molecule has 4 nitrogen and oxygen atoms in total. The Labute approximate surface area is 111 Å². The number of sulfone groups is 1. The van der Waals surface area contributed by atoms with Crippen molar-refractivity contribution in [3.05, 3.63) is 0 Å². The molecule has 1 N–H and O–H groups in total. The van der Waals surface area contributed by atoms with Crippen molar-refractivity contribution in [2.45, 2.75) is 18.9 Å². The molecule has 0 amide bonds. The molecule has 0 aromatic heterocycles. The lowest BCUT2D eigenvalue weighted by molar-refractivity contribution is 0.388. The Balaban J connectivity index is 0. The maximum atomic E-state index is 11.1. The minimum atomic E-state index is -2.72. The van der Waals surface area contributed by atoms with Crippen molar-refractivity contribution in [1.29, 1.82) is 0 Å². The molecule has 0 aromatic carbocycles. The van der Waals surface area contributed by atoms with Gasteiger partial charge in [-0.3, -0.25) is 0 Å². The fraction of sp³-hybridized carbons (Fsp3) is 1.00. The van der Waals surface area contributed by atoms with E-state index in [4.69, 9.17) is 0 Å². The van der Waals surface area contributed by atoms with Crippen LogP contribution in [0.4, 0.5) is 0 Å². The summed E-state index contributed by atoms with van der Waals surface area (Å²) in [6, 6.07) is 0.196. The fourth-order valence-corrected chi connectivity index (χ4v) is 3.37. The molecule has 0 saturated carbocycles. The first-order valence-electron chi connectivity index (χ1n) is 5.08. The van der Waals surface area contributed by atoms with E-state index in [9.17, 15) is 8.42 Å². The molecule has 1 heterocycles. The van der Waals surface area contributed by atoms with E-state index in [1.54, 1.807) is 0 Å². The molecule has 1 saturated heterocycles. The molecule has 1 rings (SSSR count). The maximum absolute atomic E-state index is 11.1. The second-order valence-corrected chi connectivity index (χ2v) is 6.44. The van der Waals surface area contributed by atoms with Gasteiger partial charge in [0.15, 0.2) is 9.84 Å². The number of hydrogen-bond donors (Lipinski definition) is 1. The van der Waals surface area contributed by atoms with E-state index in [0.29, 0.717) is 11.5 Å². The van der Waals surface area contributed by atoms with Crippen LogP contribution in [-0.2, 0) is 9.84 Å². The highest BCUT2D eigenvalue weighted by Gasteiger charge is 2.26. The van der Waals surface area contributed by atoms with Crippen LogP contribution in [0, 0.1) is 0 Å². The smallest absolute Gasteiger partial charge is 0.151 e. The zero-order valence-corrected chi connectivity index (χ0v) is 12.3. The summed E-state index contributed by atoms with van der Waals surface area (Å²) < 4.78 is 22.3. The van der Waals surface area contributed by atoms with Crippen molar-refractivity contribution in [3.8, 4) is 0 Å². The average molecular weight is 293 g/mol. The summed E-state index contributed by atoms with van der Waals surface area (Å²) in [5.41, 5.74) is 0. The van der Waals surface area contributed by atoms with Crippen LogP contribution in [0.3, 0.4) is 0 Å². The summed E-state index contributed by atoms with van der Waals surface area (Å²) >= 11 is 0. The van der Waals surface area contributed by atoms with Crippen LogP contribution < -0.4 is 5.32 Å². The van der Waals surface area contributed by atoms with Crippen LogP contribution in [0.1, 0.15) is 12.8 Å². The largest absolute Gasteiger partial charge is 0.313 e. The van der Waals surface area contributed by atoms with E-state index in [1.165, 1.54) is 0 Å². The van der Waals surface area contributed by atoms with Gasteiger partial charge in [0.05, 0.1) is 11.5 Å². The molecule has 0 aliphatic carbocycles. The predicted molar refractivity (Wildman–Crippen MR) is 72.7 cm³/mol. The molecule has 1 fully saturated rings. The van der Waals surface area contributed by atoms with Crippen molar-refractivity contribution < 1.29 is 8.42 Å². The molecule has 1 unspecified atom stereocenters. The Morgan fingerprint density at radius 1 is 1.31 bits per heavy atom. The Bertz CT molecular complexity index is 271. The van der Waals surface area contributed by atoms with E-state index in [1.807, 2.05) is 14.1 Å². The molecular formula is C9H22Cl2N2O2S. The maximum Gasteiger partial charge on any atom is 0.151 e. The van der Waals surface area contributed by atoms with E-state index in [0.717, 1.165) is 25.9 Å². The van der Waals surface area contributed by atoms with Gasteiger partial charge in [0.1, 0.15) is 0 Å². The normalized spacial score (nSPS) is 22.6. The monoisotopic (exact) mass is 292 g/mol. The molecule has 0 bridgehead atoms. The summed E-state index contributed by atoms with van der Waals surface area (Å²) in [6.45, 7) is 1.96. The van der Waals surface area contributed by atoms with Gasteiger partial charge in [0.25, 0.3) is 0 Å². The molecule has 16 heavy (non-hydrogen) atoms. The van der Waals surface area contributed by atoms with Gasteiger partial charge in [0, 0.05) is 6.04 Å². The Morgan fingerprint density at radius 2 is 1.94 bits per heavy atom. The van der Waals surface area contributed by atoms with Gasteiger partial charge < -0.3 is 10.2 Å². The highest BCUT2D eigenvalue weighted by molar-refractivity contribution is 7.91. The summed E-state index contributed by atoms with van der Waals surface area (Å²) in [7, 11) is 1.36. The van der Waals surface area contributed by atoms with Crippen LogP contribution in [0.15, 0.2) is 0 Å². The second kappa shape index (κ2) is 8.53. The van der Waals surface area contributed by atoms with Crippen LogP contribution >= 0.6 is 24.8 Å². The lowest BCUT2D eigenvalue weighted by Gasteiger charge is -2.12. The number of nitrogens with one attached hydrogen (secondary N) is 1. The minimum absolute atomic E-state index is 0. The zero-order chi connectivity index (χ0) is 10.6. The van der Waals surface area contributed by atoms with Crippen molar-refractivity contribution >= 4 is 34.7 Å². The van der Waals surface area contributed by atoms with Crippen LogP contribution in [-0.4, -0.2) is 58.1 Å². The van der Waals surface area contributed by atoms with E-state index in [-0.39, 0.29) is 30.9 Å². The molecule has 1 atom stereocenters. The molecule has 100 valence electrons. The van der Waals surface area contributed by atoms with Gasteiger partial charge in [-0.1, -0.05) is 0 Å². The van der Waals surface area contributed by atoms with Crippen molar-refractivity contribution in [2.75, 3.05) is 38.7 Å². The highest BCUT2D eigenvalue weighted by Crippen LogP contribution is 2.10. The number of halogens is 2. The van der Waals surface area contributed by atoms with Gasteiger partial charge in [-0.05, 0) is 40.0 Å². The van der Waals surface area contributed by atoms with Crippen LogP contribution in [0.25, 0.3) is 0 Å². The standard InChI is InChI=1S/C9H20N2O2S.2ClH/c1-11(2)6-3-5-10-9-4-7-14(12,13)8-9;;/h9-10H,3-8H2,1-2H3;2*1H. The molecule has 7 heteroatoms. The third-order valence-corrected chi connectivity index (χ3v) is 4.22. The first-order chi connectivity index (χ1) is 6.49. The first kappa shape index (κ1) is 18.8. The molecular weight excluding hydrogens is 271 g/mol. The Hall–Kier alpha value is 0.450. The Kier molecular flexibility index (Phi) is 10.0. The summed E-state index contributed by atoms with van der Waals surface area (Å²) in [4.78, 5) is 2.13. The fourth-order valence-electron chi connectivity index (χ4n) is 1.66. The van der Waals surface area contributed by atoms with Crippen LogP contribution in [0.2, 0.25) is 0 Å². The minimum Gasteiger partial charge on any atom is -0.313 e. The average Bonchev–Trinajstić information content (AvgIpc) is 2.39. The highest BCUT2D eigenvalue weighted by atomic mass is 35.5. The number of nitrogens with zero attached hydrogens (tertiary/aromatic N) is 1. The SMILES string of the molecule is CN(C)CCCNC1CCS(=O)(=O)C1.Cl.Cl. The second-order valence-electron chi connectivity index (χ2n) is 4.21. The molecule has 1 aliphatic heterocycles. The van der Waals surface area contributed by atoms with E-state index < -0.39 is 9.84 Å². The summed E-state index contributed by atoms with van der Waals surface area (Å²) in [5.74, 6) is 0.688. The number of hydrogen-bond acceptors (Lipinski definition) is 4. The topological polar surface area (TPSA) is 49.4 Å². The predicted octanol–water partition coefficient (Wildman–Crippen LogP) is 0.558. The lowest BCUT2D eigenvalue weighted by atomic mass is 10.2. The molecule has 0 spiro atoms.